The van der Waals surface area contributed by atoms with E-state index in [0.717, 1.165) is 6.26 Å². The van der Waals surface area contributed by atoms with E-state index in [1.54, 1.807) is 0 Å². The minimum atomic E-state index is -1.10. The normalized spacial score (nSPS) is 10.5. The van der Waals surface area contributed by atoms with Crippen molar-refractivity contribution in [3.05, 3.63) is 44.4 Å². The van der Waals surface area contributed by atoms with Crippen LogP contribution in [-0.2, 0) is 6.54 Å². The van der Waals surface area contributed by atoms with Gasteiger partial charge in [-0.05, 0) is 26.9 Å². The first kappa shape index (κ1) is 12.3. The molecule has 0 fully saturated rings. The maximum Gasteiger partial charge on any atom is 0.404 e. The van der Waals surface area contributed by atoms with Gasteiger partial charge in [0.25, 0.3) is 0 Å². The number of hydrogen-bond donors (Lipinski definition) is 1. The van der Waals surface area contributed by atoms with Crippen molar-refractivity contribution in [3.8, 4) is 0 Å². The summed E-state index contributed by atoms with van der Waals surface area (Å²) < 4.78 is 6.54. The van der Waals surface area contributed by atoms with Crippen molar-refractivity contribution < 1.29 is 19.2 Å². The van der Waals surface area contributed by atoms with Crippen LogP contribution < -0.4 is 0 Å². The number of halogens is 1. The molecule has 0 aromatic carbocycles. The van der Waals surface area contributed by atoms with E-state index in [1.165, 1.54) is 16.9 Å². The van der Waals surface area contributed by atoms with Crippen LogP contribution in [0.3, 0.4) is 0 Å². The van der Waals surface area contributed by atoms with Gasteiger partial charge in [0.2, 0.25) is 0 Å². The SMILES string of the molecule is O=C(O)c1coc(Cn2cc(Br)c([N+](=O)[O-])n2)c1. The van der Waals surface area contributed by atoms with Gasteiger partial charge in [0.05, 0.1) is 16.9 Å². The average Bonchev–Trinajstić information content (AvgIpc) is 2.86. The number of aromatic carboxylic acids is 1. The molecule has 0 radical (unpaired) electrons. The van der Waals surface area contributed by atoms with Crippen molar-refractivity contribution in [2.24, 2.45) is 0 Å². The standard InChI is InChI=1S/C9H6BrN3O5/c10-7-3-12(11-8(7)13(16)17)2-6-1-5(4-18-6)9(14)15/h1,3-4H,2H2,(H,14,15). The Morgan fingerprint density at radius 3 is 2.89 bits per heavy atom. The van der Waals surface area contributed by atoms with Crippen LogP contribution in [0.15, 0.2) is 27.4 Å². The van der Waals surface area contributed by atoms with Crippen molar-refractivity contribution in [2.75, 3.05) is 0 Å². The summed E-state index contributed by atoms with van der Waals surface area (Å²) in [6, 6.07) is 1.34. The van der Waals surface area contributed by atoms with Crippen LogP contribution in [0, 0.1) is 10.1 Å². The Hall–Kier alpha value is -2.16. The van der Waals surface area contributed by atoms with Crippen LogP contribution in [0.1, 0.15) is 16.1 Å². The summed E-state index contributed by atoms with van der Waals surface area (Å²) in [5, 5.41) is 23.0. The molecule has 2 heterocycles. The number of hydrogen-bond acceptors (Lipinski definition) is 5. The molecule has 2 aromatic rings. The number of rotatable bonds is 4. The molecule has 9 heteroatoms. The molecule has 0 amide bonds. The van der Waals surface area contributed by atoms with Gasteiger partial charge >= 0.3 is 11.8 Å². The highest BCUT2D eigenvalue weighted by molar-refractivity contribution is 9.10. The van der Waals surface area contributed by atoms with Crippen molar-refractivity contribution in [1.29, 1.82) is 0 Å². The monoisotopic (exact) mass is 315 g/mol. The second-order valence-corrected chi connectivity index (χ2v) is 4.22. The number of carboxylic acids is 1. The lowest BCUT2D eigenvalue weighted by atomic mass is 10.3. The fraction of sp³-hybridized carbons (Fsp3) is 0.111. The highest BCUT2D eigenvalue weighted by atomic mass is 79.9. The number of furan rings is 1. The minimum absolute atomic E-state index is 0.0192. The molecule has 94 valence electrons. The molecule has 18 heavy (non-hydrogen) atoms. The van der Waals surface area contributed by atoms with Crippen molar-refractivity contribution in [3.63, 3.8) is 0 Å². The largest absolute Gasteiger partial charge is 0.478 e. The summed E-state index contributed by atoms with van der Waals surface area (Å²) in [5.41, 5.74) is 0.0192. The fourth-order valence-electron chi connectivity index (χ4n) is 1.33. The third kappa shape index (κ3) is 2.40. The summed E-state index contributed by atoms with van der Waals surface area (Å²) in [6.07, 6.45) is 2.52. The Morgan fingerprint density at radius 1 is 1.67 bits per heavy atom. The molecule has 0 aliphatic rings. The van der Waals surface area contributed by atoms with Gasteiger partial charge in [-0.2, -0.15) is 4.68 Å². The van der Waals surface area contributed by atoms with Gasteiger partial charge in [0.1, 0.15) is 23.0 Å². The van der Waals surface area contributed by atoms with E-state index >= 15 is 0 Å². The average molecular weight is 316 g/mol. The maximum atomic E-state index is 10.6. The molecule has 0 bridgehead atoms. The van der Waals surface area contributed by atoms with Gasteiger partial charge in [-0.3, -0.25) is 0 Å². The predicted octanol–water partition coefficient (Wildman–Crippen LogP) is 1.89. The predicted molar refractivity (Wildman–Crippen MR) is 61.4 cm³/mol. The van der Waals surface area contributed by atoms with Crippen LogP contribution in [-0.4, -0.2) is 25.8 Å². The zero-order valence-electron chi connectivity index (χ0n) is 8.74. The fourth-order valence-corrected chi connectivity index (χ4v) is 1.79. The molecule has 0 saturated heterocycles. The Balaban J connectivity index is 2.20. The van der Waals surface area contributed by atoms with E-state index in [1.807, 2.05) is 0 Å². The quantitative estimate of drug-likeness (QED) is 0.681. The molecule has 8 nitrogen and oxygen atoms in total. The summed E-state index contributed by atoms with van der Waals surface area (Å²) >= 11 is 3.01. The van der Waals surface area contributed by atoms with E-state index in [4.69, 9.17) is 9.52 Å². The first-order valence-corrected chi connectivity index (χ1v) is 5.44. The van der Waals surface area contributed by atoms with E-state index in [9.17, 15) is 14.9 Å². The molecular formula is C9H6BrN3O5. The lowest BCUT2D eigenvalue weighted by Gasteiger charge is -1.91. The maximum absolute atomic E-state index is 10.6. The van der Waals surface area contributed by atoms with Crippen LogP contribution >= 0.6 is 15.9 Å². The minimum Gasteiger partial charge on any atom is -0.478 e. The summed E-state index contributed by atoms with van der Waals surface area (Å²) in [5.74, 6) is -1.06. The Morgan fingerprint density at radius 2 is 2.39 bits per heavy atom. The second-order valence-electron chi connectivity index (χ2n) is 3.36. The molecule has 0 aliphatic heterocycles. The number of nitrogens with zero attached hydrogens (tertiary/aromatic N) is 3. The molecule has 0 atom stereocenters. The lowest BCUT2D eigenvalue weighted by molar-refractivity contribution is -0.390. The first-order valence-electron chi connectivity index (χ1n) is 4.65. The molecule has 0 saturated carbocycles. The third-order valence-electron chi connectivity index (χ3n) is 2.09. The summed E-state index contributed by atoms with van der Waals surface area (Å²) in [4.78, 5) is 20.6. The first-order chi connectivity index (χ1) is 8.47. The van der Waals surface area contributed by atoms with E-state index < -0.39 is 10.9 Å². The third-order valence-corrected chi connectivity index (χ3v) is 2.65. The zero-order chi connectivity index (χ0) is 13.3. The van der Waals surface area contributed by atoms with Gasteiger partial charge in [-0.15, -0.1) is 0 Å². The molecule has 0 unspecified atom stereocenters. The molecule has 0 aliphatic carbocycles. The number of nitro groups is 1. The van der Waals surface area contributed by atoms with E-state index in [-0.39, 0.29) is 22.4 Å². The van der Waals surface area contributed by atoms with Gasteiger partial charge in [0, 0.05) is 0 Å². The zero-order valence-corrected chi connectivity index (χ0v) is 10.3. The molecular weight excluding hydrogens is 310 g/mol. The summed E-state index contributed by atoms with van der Waals surface area (Å²) in [6.45, 7) is 0.111. The van der Waals surface area contributed by atoms with Crippen LogP contribution in [0.2, 0.25) is 0 Å². The van der Waals surface area contributed by atoms with Gasteiger partial charge in [-0.1, -0.05) is 0 Å². The van der Waals surface area contributed by atoms with Crippen molar-refractivity contribution in [1.82, 2.24) is 9.78 Å². The Kier molecular flexibility index (Phi) is 3.15. The molecule has 2 rings (SSSR count). The highest BCUT2D eigenvalue weighted by Crippen LogP contribution is 2.22. The van der Waals surface area contributed by atoms with Crippen LogP contribution in [0.25, 0.3) is 0 Å². The van der Waals surface area contributed by atoms with Gasteiger partial charge in [0.15, 0.2) is 0 Å². The van der Waals surface area contributed by atoms with Crippen molar-refractivity contribution in [2.45, 2.75) is 6.54 Å². The lowest BCUT2D eigenvalue weighted by Crippen LogP contribution is -2.00. The number of carbonyl (C=O) groups is 1. The molecule has 1 N–H and O–H groups in total. The van der Waals surface area contributed by atoms with Crippen LogP contribution in [0.5, 0.6) is 0 Å². The van der Waals surface area contributed by atoms with Crippen molar-refractivity contribution >= 4 is 27.7 Å². The molecule has 2 aromatic heterocycles. The highest BCUT2D eigenvalue weighted by Gasteiger charge is 2.19. The van der Waals surface area contributed by atoms with Gasteiger partial charge < -0.3 is 19.6 Å². The topological polar surface area (TPSA) is 111 Å². The summed E-state index contributed by atoms with van der Waals surface area (Å²) in [7, 11) is 0. The van der Waals surface area contributed by atoms with Crippen LogP contribution in [0.4, 0.5) is 5.82 Å². The smallest absolute Gasteiger partial charge is 0.404 e. The number of carboxylic acid groups (broad SMARTS) is 1. The number of aromatic nitrogens is 2. The van der Waals surface area contributed by atoms with E-state index in [0.29, 0.717) is 5.76 Å². The van der Waals surface area contributed by atoms with Gasteiger partial charge in [-0.25, -0.2) is 4.79 Å². The second kappa shape index (κ2) is 4.61. The van der Waals surface area contributed by atoms with E-state index in [2.05, 4.69) is 21.0 Å². The Labute approximate surface area is 108 Å². The Bertz CT molecular complexity index is 618. The molecule has 0 spiro atoms.